The zero-order chi connectivity index (χ0) is 13.8. The van der Waals surface area contributed by atoms with Gasteiger partial charge in [0.2, 0.25) is 0 Å². The second-order valence-corrected chi connectivity index (χ2v) is 5.61. The third-order valence-corrected chi connectivity index (χ3v) is 3.88. The number of rotatable bonds is 4. The average molecular weight is 317 g/mol. The number of carbonyl (C=O) groups excluding carboxylic acids is 1. The Bertz CT molecular complexity index is 585. The molecule has 0 saturated heterocycles. The highest BCUT2D eigenvalue weighted by Crippen LogP contribution is 2.20. The first-order chi connectivity index (χ1) is 9.10. The second kappa shape index (κ2) is 6.16. The third-order valence-electron chi connectivity index (χ3n) is 3.22. The quantitative estimate of drug-likeness (QED) is 0.744. The molecule has 2 rings (SSSR count). The Kier molecular flexibility index (Phi) is 4.54. The SMILES string of the molecule is CCc1ccc(CC(=O)c2ccc(C)cc2Br)cc1. The molecule has 0 aromatic heterocycles. The summed E-state index contributed by atoms with van der Waals surface area (Å²) in [6.45, 7) is 4.14. The van der Waals surface area contributed by atoms with E-state index in [1.165, 1.54) is 5.56 Å². The van der Waals surface area contributed by atoms with E-state index in [2.05, 4.69) is 35.0 Å². The van der Waals surface area contributed by atoms with Gasteiger partial charge in [-0.2, -0.15) is 0 Å². The lowest BCUT2D eigenvalue weighted by Gasteiger charge is -2.06. The van der Waals surface area contributed by atoms with Crippen molar-refractivity contribution in [2.75, 3.05) is 0 Å². The first-order valence-corrected chi connectivity index (χ1v) is 7.26. The molecule has 0 unspecified atom stereocenters. The highest BCUT2D eigenvalue weighted by molar-refractivity contribution is 9.10. The first kappa shape index (κ1) is 14.0. The predicted molar refractivity (Wildman–Crippen MR) is 82.7 cm³/mol. The van der Waals surface area contributed by atoms with E-state index < -0.39 is 0 Å². The summed E-state index contributed by atoms with van der Waals surface area (Å²) in [7, 11) is 0. The minimum Gasteiger partial charge on any atom is -0.294 e. The van der Waals surface area contributed by atoms with Crippen molar-refractivity contribution in [2.24, 2.45) is 0 Å². The molecule has 0 heterocycles. The van der Waals surface area contributed by atoms with Gasteiger partial charge in [0.05, 0.1) is 0 Å². The molecule has 0 N–H and O–H groups in total. The third kappa shape index (κ3) is 3.54. The molecule has 19 heavy (non-hydrogen) atoms. The zero-order valence-electron chi connectivity index (χ0n) is 11.2. The van der Waals surface area contributed by atoms with Crippen LogP contribution in [0, 0.1) is 6.92 Å². The van der Waals surface area contributed by atoms with Crippen molar-refractivity contribution >= 4 is 21.7 Å². The van der Waals surface area contributed by atoms with Crippen LogP contribution in [0.5, 0.6) is 0 Å². The van der Waals surface area contributed by atoms with E-state index in [1.54, 1.807) is 0 Å². The highest BCUT2D eigenvalue weighted by atomic mass is 79.9. The molecule has 0 aliphatic heterocycles. The fourth-order valence-corrected chi connectivity index (χ4v) is 2.73. The van der Waals surface area contributed by atoms with E-state index in [9.17, 15) is 4.79 Å². The van der Waals surface area contributed by atoms with Gasteiger partial charge in [-0.05, 0) is 42.2 Å². The molecule has 98 valence electrons. The fourth-order valence-electron chi connectivity index (χ4n) is 2.02. The average Bonchev–Trinajstić information content (AvgIpc) is 2.39. The molecule has 0 aliphatic rings. The van der Waals surface area contributed by atoms with Crippen molar-refractivity contribution < 1.29 is 4.79 Å². The lowest BCUT2D eigenvalue weighted by Crippen LogP contribution is -2.04. The molecule has 2 heteroatoms. The van der Waals surface area contributed by atoms with Gasteiger partial charge in [0, 0.05) is 16.5 Å². The Morgan fingerprint density at radius 3 is 2.26 bits per heavy atom. The molecule has 2 aromatic carbocycles. The Morgan fingerprint density at radius 1 is 1.05 bits per heavy atom. The number of benzene rings is 2. The largest absolute Gasteiger partial charge is 0.294 e. The number of halogens is 1. The molecular weight excluding hydrogens is 300 g/mol. The van der Waals surface area contributed by atoms with E-state index in [1.807, 2.05) is 37.3 Å². The van der Waals surface area contributed by atoms with Crippen molar-refractivity contribution in [2.45, 2.75) is 26.7 Å². The smallest absolute Gasteiger partial charge is 0.168 e. The number of hydrogen-bond acceptors (Lipinski definition) is 1. The van der Waals surface area contributed by atoms with Crippen molar-refractivity contribution in [1.29, 1.82) is 0 Å². The summed E-state index contributed by atoms with van der Waals surface area (Å²) in [5.74, 6) is 0.149. The molecule has 0 radical (unpaired) electrons. The number of hydrogen-bond donors (Lipinski definition) is 0. The summed E-state index contributed by atoms with van der Waals surface area (Å²) in [5.41, 5.74) is 4.27. The van der Waals surface area contributed by atoms with E-state index in [-0.39, 0.29) is 5.78 Å². The van der Waals surface area contributed by atoms with Gasteiger partial charge in [0.1, 0.15) is 0 Å². The Hall–Kier alpha value is -1.41. The Balaban J connectivity index is 2.15. The molecule has 1 nitrogen and oxygen atoms in total. The van der Waals surface area contributed by atoms with Crippen LogP contribution < -0.4 is 0 Å². The lowest BCUT2D eigenvalue weighted by molar-refractivity contribution is 0.0992. The second-order valence-electron chi connectivity index (χ2n) is 4.75. The molecule has 0 atom stereocenters. The summed E-state index contributed by atoms with van der Waals surface area (Å²) in [4.78, 5) is 12.3. The summed E-state index contributed by atoms with van der Waals surface area (Å²) < 4.78 is 0.877. The van der Waals surface area contributed by atoms with Gasteiger partial charge in [-0.15, -0.1) is 0 Å². The van der Waals surface area contributed by atoms with Crippen molar-refractivity contribution in [1.82, 2.24) is 0 Å². The number of ketones is 1. The van der Waals surface area contributed by atoms with Crippen LogP contribution in [0.3, 0.4) is 0 Å². The van der Waals surface area contributed by atoms with Gasteiger partial charge < -0.3 is 0 Å². The van der Waals surface area contributed by atoms with Crippen LogP contribution in [0.1, 0.15) is 34.0 Å². The monoisotopic (exact) mass is 316 g/mol. The summed E-state index contributed by atoms with van der Waals surface area (Å²) >= 11 is 3.46. The molecule has 0 spiro atoms. The number of carbonyl (C=O) groups is 1. The highest BCUT2D eigenvalue weighted by Gasteiger charge is 2.10. The fraction of sp³-hybridized carbons (Fsp3) is 0.235. The maximum absolute atomic E-state index is 12.3. The number of Topliss-reactive ketones (excluding diaryl/α,β-unsaturated/α-hetero) is 1. The zero-order valence-corrected chi connectivity index (χ0v) is 12.8. The maximum Gasteiger partial charge on any atom is 0.168 e. The van der Waals surface area contributed by atoms with E-state index in [0.29, 0.717) is 6.42 Å². The molecule has 2 aromatic rings. The van der Waals surface area contributed by atoms with Crippen LogP contribution >= 0.6 is 15.9 Å². The van der Waals surface area contributed by atoms with Gasteiger partial charge >= 0.3 is 0 Å². The van der Waals surface area contributed by atoms with Gasteiger partial charge in [0.15, 0.2) is 5.78 Å². The molecule has 0 amide bonds. The van der Waals surface area contributed by atoms with E-state index >= 15 is 0 Å². The van der Waals surface area contributed by atoms with Crippen LogP contribution in [-0.2, 0) is 12.8 Å². The van der Waals surface area contributed by atoms with Crippen LogP contribution in [0.4, 0.5) is 0 Å². The molecule has 0 aliphatic carbocycles. The van der Waals surface area contributed by atoms with Crippen molar-refractivity contribution in [3.8, 4) is 0 Å². The molecule has 0 bridgehead atoms. The van der Waals surface area contributed by atoms with Crippen molar-refractivity contribution in [3.63, 3.8) is 0 Å². The normalized spacial score (nSPS) is 10.5. The minimum atomic E-state index is 0.149. The first-order valence-electron chi connectivity index (χ1n) is 6.47. The topological polar surface area (TPSA) is 17.1 Å². The van der Waals surface area contributed by atoms with Gasteiger partial charge in [-0.1, -0.05) is 53.2 Å². The van der Waals surface area contributed by atoms with Gasteiger partial charge in [-0.25, -0.2) is 0 Å². The van der Waals surface area contributed by atoms with Crippen molar-refractivity contribution in [3.05, 3.63) is 69.2 Å². The standard InChI is InChI=1S/C17H17BrO/c1-3-13-5-7-14(8-6-13)11-17(19)15-9-4-12(2)10-16(15)18/h4-10H,3,11H2,1-2H3. The Morgan fingerprint density at radius 2 is 1.68 bits per heavy atom. The lowest BCUT2D eigenvalue weighted by atomic mass is 10.0. The number of aryl methyl sites for hydroxylation is 2. The predicted octanol–water partition coefficient (Wildman–Crippen LogP) is 4.75. The maximum atomic E-state index is 12.3. The van der Waals surface area contributed by atoms with Crippen LogP contribution in [0.15, 0.2) is 46.9 Å². The summed E-state index contributed by atoms with van der Waals surface area (Å²) in [5, 5.41) is 0. The summed E-state index contributed by atoms with van der Waals surface area (Å²) in [6.07, 6.45) is 1.48. The molecule has 0 fully saturated rings. The van der Waals surface area contributed by atoms with Gasteiger partial charge in [-0.3, -0.25) is 4.79 Å². The van der Waals surface area contributed by atoms with Crippen LogP contribution in [-0.4, -0.2) is 5.78 Å². The van der Waals surface area contributed by atoms with Crippen LogP contribution in [0.2, 0.25) is 0 Å². The molecular formula is C17H17BrO. The van der Waals surface area contributed by atoms with E-state index in [0.717, 1.165) is 27.6 Å². The van der Waals surface area contributed by atoms with Crippen LogP contribution in [0.25, 0.3) is 0 Å². The summed E-state index contributed by atoms with van der Waals surface area (Å²) in [6, 6.07) is 14.1. The van der Waals surface area contributed by atoms with Gasteiger partial charge in [0.25, 0.3) is 0 Å². The Labute approximate surface area is 122 Å². The van der Waals surface area contributed by atoms with E-state index in [4.69, 9.17) is 0 Å². The minimum absolute atomic E-state index is 0.149. The molecule has 0 saturated carbocycles.